The van der Waals surface area contributed by atoms with Crippen molar-refractivity contribution in [3.05, 3.63) is 90.1 Å². The first kappa shape index (κ1) is 20.2. The smallest absolute Gasteiger partial charge is 0.360 e. The highest BCUT2D eigenvalue weighted by atomic mass is 16.5. The van der Waals surface area contributed by atoms with Crippen molar-refractivity contribution >= 4 is 39.5 Å². The van der Waals surface area contributed by atoms with Gasteiger partial charge in [-0.1, -0.05) is 66.7 Å². The van der Waals surface area contributed by atoms with E-state index in [2.05, 4.69) is 5.32 Å². The standard InChI is InChI=1S/C26H21NO4/c1-17(28)27-23(16-19-10-7-9-18-8-3-4-11-20(18)19)26(29)31-25-15-14-24(30-2)21-12-5-6-13-22(21)25/h3-16H,1-2H3,(H,27,28)/b23-16-. The summed E-state index contributed by atoms with van der Waals surface area (Å²) in [5.41, 5.74) is 0.863. The Morgan fingerprint density at radius 1 is 0.774 bits per heavy atom. The summed E-state index contributed by atoms with van der Waals surface area (Å²) in [5, 5.41) is 6.18. The molecule has 0 radical (unpaired) electrons. The minimum absolute atomic E-state index is 0.0590. The third-order valence-corrected chi connectivity index (χ3v) is 4.92. The molecule has 5 nitrogen and oxygen atoms in total. The van der Waals surface area contributed by atoms with Gasteiger partial charge in [0.15, 0.2) is 0 Å². The predicted octanol–water partition coefficient (Wildman–Crippen LogP) is 5.08. The number of fused-ring (bicyclic) bond motifs is 2. The molecule has 4 aromatic carbocycles. The van der Waals surface area contributed by atoms with Gasteiger partial charge < -0.3 is 14.8 Å². The summed E-state index contributed by atoms with van der Waals surface area (Å²) in [6, 6.07) is 24.6. The highest BCUT2D eigenvalue weighted by Gasteiger charge is 2.17. The van der Waals surface area contributed by atoms with Crippen molar-refractivity contribution in [2.75, 3.05) is 7.11 Å². The van der Waals surface area contributed by atoms with Crippen LogP contribution >= 0.6 is 0 Å². The molecule has 0 fully saturated rings. The van der Waals surface area contributed by atoms with Crippen LogP contribution < -0.4 is 14.8 Å². The van der Waals surface area contributed by atoms with Crippen LogP contribution in [-0.2, 0) is 9.59 Å². The van der Waals surface area contributed by atoms with E-state index >= 15 is 0 Å². The Balaban J connectivity index is 1.74. The van der Waals surface area contributed by atoms with Crippen molar-refractivity contribution in [1.82, 2.24) is 5.32 Å². The second kappa shape index (κ2) is 8.71. The molecule has 0 spiro atoms. The molecule has 0 saturated heterocycles. The number of carbonyl (C=O) groups is 2. The van der Waals surface area contributed by atoms with Crippen molar-refractivity contribution < 1.29 is 19.1 Å². The SMILES string of the molecule is COc1ccc(OC(=O)/C(=C/c2cccc3ccccc23)NC(C)=O)c2ccccc12. The third-order valence-electron chi connectivity index (χ3n) is 4.92. The average Bonchev–Trinajstić information content (AvgIpc) is 2.79. The van der Waals surface area contributed by atoms with Crippen LogP contribution in [0.5, 0.6) is 11.5 Å². The number of benzene rings is 4. The molecule has 0 aliphatic rings. The minimum Gasteiger partial charge on any atom is -0.496 e. The molecular formula is C26H21NO4. The van der Waals surface area contributed by atoms with Crippen molar-refractivity contribution in [3.63, 3.8) is 0 Å². The zero-order valence-electron chi connectivity index (χ0n) is 17.2. The lowest BCUT2D eigenvalue weighted by atomic mass is 10.0. The number of methoxy groups -OCH3 is 1. The number of rotatable bonds is 5. The molecule has 31 heavy (non-hydrogen) atoms. The lowest BCUT2D eigenvalue weighted by Crippen LogP contribution is -2.27. The molecule has 5 heteroatoms. The molecule has 4 aromatic rings. The molecule has 1 N–H and O–H groups in total. The van der Waals surface area contributed by atoms with Gasteiger partial charge in [-0.15, -0.1) is 0 Å². The van der Waals surface area contributed by atoms with Gasteiger partial charge in [0.1, 0.15) is 17.2 Å². The first-order chi connectivity index (χ1) is 15.1. The molecule has 0 unspecified atom stereocenters. The van der Waals surface area contributed by atoms with E-state index in [1.54, 1.807) is 25.3 Å². The van der Waals surface area contributed by atoms with Crippen molar-refractivity contribution in [2.45, 2.75) is 6.92 Å². The van der Waals surface area contributed by atoms with Crippen LogP contribution in [0, 0.1) is 0 Å². The van der Waals surface area contributed by atoms with E-state index in [9.17, 15) is 9.59 Å². The summed E-state index contributed by atoms with van der Waals surface area (Å²) >= 11 is 0. The van der Waals surface area contributed by atoms with E-state index in [1.165, 1.54) is 6.92 Å². The molecule has 0 saturated carbocycles. The van der Waals surface area contributed by atoms with Crippen LogP contribution in [0.3, 0.4) is 0 Å². The van der Waals surface area contributed by atoms with Gasteiger partial charge in [-0.3, -0.25) is 4.79 Å². The fourth-order valence-electron chi connectivity index (χ4n) is 3.53. The minimum atomic E-state index is -0.654. The van der Waals surface area contributed by atoms with Crippen LogP contribution in [-0.4, -0.2) is 19.0 Å². The summed E-state index contributed by atoms with van der Waals surface area (Å²) in [6.07, 6.45) is 1.64. The molecular weight excluding hydrogens is 390 g/mol. The maximum absolute atomic E-state index is 13.1. The van der Waals surface area contributed by atoms with Gasteiger partial charge in [-0.2, -0.15) is 0 Å². The van der Waals surface area contributed by atoms with Crippen molar-refractivity contribution in [2.24, 2.45) is 0 Å². The lowest BCUT2D eigenvalue weighted by molar-refractivity contribution is -0.132. The highest BCUT2D eigenvalue weighted by molar-refractivity contribution is 6.03. The van der Waals surface area contributed by atoms with Gasteiger partial charge >= 0.3 is 5.97 Å². The third kappa shape index (κ3) is 4.26. The monoisotopic (exact) mass is 411 g/mol. The molecule has 0 heterocycles. The number of carbonyl (C=O) groups excluding carboxylic acids is 2. The molecule has 0 aliphatic heterocycles. The Bertz CT molecular complexity index is 1320. The van der Waals surface area contributed by atoms with E-state index < -0.39 is 5.97 Å². The summed E-state index contributed by atoms with van der Waals surface area (Å²) in [5.74, 6) is 0.0563. The van der Waals surface area contributed by atoms with Crippen LogP contribution in [0.4, 0.5) is 0 Å². The zero-order chi connectivity index (χ0) is 21.8. The van der Waals surface area contributed by atoms with Crippen LogP contribution in [0.2, 0.25) is 0 Å². The van der Waals surface area contributed by atoms with E-state index in [1.807, 2.05) is 66.7 Å². The number of ether oxygens (including phenoxy) is 2. The van der Waals surface area contributed by atoms with Gasteiger partial charge in [0, 0.05) is 17.7 Å². The first-order valence-electron chi connectivity index (χ1n) is 9.82. The number of hydrogen-bond donors (Lipinski definition) is 1. The Kier molecular flexibility index (Phi) is 5.67. The number of nitrogens with one attached hydrogen (secondary N) is 1. The summed E-state index contributed by atoms with van der Waals surface area (Å²) < 4.78 is 11.1. The molecule has 4 rings (SSSR count). The fraction of sp³-hybridized carbons (Fsp3) is 0.0769. The van der Waals surface area contributed by atoms with Crippen LogP contribution in [0.15, 0.2) is 84.6 Å². The van der Waals surface area contributed by atoms with Crippen LogP contribution in [0.1, 0.15) is 12.5 Å². The van der Waals surface area contributed by atoms with Gasteiger partial charge in [0.05, 0.1) is 7.11 Å². The Labute approximate surface area is 179 Å². The van der Waals surface area contributed by atoms with Crippen molar-refractivity contribution in [3.8, 4) is 11.5 Å². The molecule has 0 atom stereocenters. The predicted molar refractivity (Wildman–Crippen MR) is 122 cm³/mol. The van der Waals surface area contributed by atoms with Crippen molar-refractivity contribution in [1.29, 1.82) is 0 Å². The van der Waals surface area contributed by atoms with Gasteiger partial charge in [-0.25, -0.2) is 4.79 Å². The average molecular weight is 411 g/mol. The number of hydrogen-bond acceptors (Lipinski definition) is 4. The molecule has 0 aromatic heterocycles. The topological polar surface area (TPSA) is 64.6 Å². The first-order valence-corrected chi connectivity index (χ1v) is 9.82. The number of esters is 1. The Morgan fingerprint density at radius 3 is 2.10 bits per heavy atom. The highest BCUT2D eigenvalue weighted by Crippen LogP contribution is 2.33. The lowest BCUT2D eigenvalue weighted by Gasteiger charge is -2.13. The van der Waals surface area contributed by atoms with E-state index in [4.69, 9.17) is 9.47 Å². The Hall–Kier alpha value is -4.12. The second-order valence-electron chi connectivity index (χ2n) is 7.01. The Morgan fingerprint density at radius 2 is 1.39 bits per heavy atom. The molecule has 1 amide bonds. The van der Waals surface area contributed by atoms with E-state index in [-0.39, 0.29) is 11.6 Å². The second-order valence-corrected chi connectivity index (χ2v) is 7.01. The largest absolute Gasteiger partial charge is 0.496 e. The van der Waals surface area contributed by atoms with Gasteiger partial charge in [0.2, 0.25) is 5.91 Å². The molecule has 0 aliphatic carbocycles. The number of amides is 1. The van der Waals surface area contributed by atoms with E-state index in [0.29, 0.717) is 11.5 Å². The molecule has 0 bridgehead atoms. The maximum atomic E-state index is 13.1. The fourth-order valence-corrected chi connectivity index (χ4v) is 3.53. The normalized spacial score (nSPS) is 11.4. The maximum Gasteiger partial charge on any atom is 0.360 e. The summed E-state index contributed by atoms with van der Waals surface area (Å²) in [7, 11) is 1.59. The zero-order valence-corrected chi connectivity index (χ0v) is 17.2. The molecule has 154 valence electrons. The summed E-state index contributed by atoms with van der Waals surface area (Å²) in [6.45, 7) is 1.35. The summed E-state index contributed by atoms with van der Waals surface area (Å²) in [4.78, 5) is 24.8. The van der Waals surface area contributed by atoms with E-state index in [0.717, 1.165) is 27.1 Å². The van der Waals surface area contributed by atoms with Gasteiger partial charge in [0.25, 0.3) is 0 Å². The van der Waals surface area contributed by atoms with Gasteiger partial charge in [-0.05, 0) is 34.5 Å². The van der Waals surface area contributed by atoms with Crippen LogP contribution in [0.25, 0.3) is 27.6 Å². The quantitative estimate of drug-likeness (QED) is 0.282.